The number of aryl methyl sites for hydroxylation is 1. The van der Waals surface area contributed by atoms with Crippen LogP contribution in [0.4, 0.5) is 5.69 Å². The molecule has 0 saturated carbocycles. The molecule has 0 aromatic carbocycles. The van der Waals surface area contributed by atoms with Gasteiger partial charge in [-0.2, -0.15) is 0 Å². The molecule has 1 rings (SSSR count). The number of nitrogens with zero attached hydrogens (tertiary/aromatic N) is 1. The Bertz CT molecular complexity index is 395. The molecule has 2 heteroatoms. The minimum Gasteiger partial charge on any atom is -0.397 e. The Kier molecular flexibility index (Phi) is 0.712. The van der Waals surface area contributed by atoms with Crippen molar-refractivity contribution in [3.05, 3.63) is 24.0 Å². The maximum atomic E-state index is 7.62. The lowest BCUT2D eigenvalue weighted by Crippen LogP contribution is -1.90. The molecule has 1 aromatic rings. The van der Waals surface area contributed by atoms with Crippen molar-refractivity contribution in [2.75, 3.05) is 5.73 Å². The number of aromatic nitrogens is 1. The predicted octanol–water partition coefficient (Wildman–Crippen LogP) is 1.62. The van der Waals surface area contributed by atoms with Crippen LogP contribution in [0.25, 0.3) is 0 Å². The van der Waals surface area contributed by atoms with Gasteiger partial charge in [-0.05, 0) is 18.5 Å². The standard InChI is InChI=1S/C8H12N2/c1-2-3-8-5-4-7(9)6-10-8/h4-6H,2-3,9H2,1H3/i1D3,2D2,3D2. The van der Waals surface area contributed by atoms with E-state index in [9.17, 15) is 0 Å². The zero-order valence-corrected chi connectivity index (χ0v) is 5.26. The van der Waals surface area contributed by atoms with E-state index in [-0.39, 0.29) is 5.69 Å². The first-order chi connectivity index (χ1) is 7.50. The molecule has 0 fully saturated rings. The van der Waals surface area contributed by atoms with Crippen molar-refractivity contribution in [1.82, 2.24) is 4.98 Å². The quantitative estimate of drug-likeness (QED) is 0.683. The van der Waals surface area contributed by atoms with Crippen LogP contribution in [0.2, 0.25) is 0 Å². The smallest absolute Gasteiger partial charge is 0.0501 e. The largest absolute Gasteiger partial charge is 0.397 e. The van der Waals surface area contributed by atoms with Crippen LogP contribution >= 0.6 is 0 Å². The second-order valence-electron chi connectivity index (χ2n) is 1.73. The van der Waals surface area contributed by atoms with Crippen LogP contribution < -0.4 is 5.73 Å². The molecule has 1 heterocycles. The van der Waals surface area contributed by atoms with Crippen LogP contribution in [0, 0.1) is 0 Å². The first-order valence-electron chi connectivity index (χ1n) is 6.22. The third-order valence-corrected chi connectivity index (χ3v) is 0.977. The van der Waals surface area contributed by atoms with Gasteiger partial charge < -0.3 is 5.73 Å². The van der Waals surface area contributed by atoms with E-state index < -0.39 is 19.6 Å². The second-order valence-corrected chi connectivity index (χ2v) is 1.73. The van der Waals surface area contributed by atoms with Gasteiger partial charge in [-0.1, -0.05) is 13.2 Å². The van der Waals surface area contributed by atoms with Crippen molar-refractivity contribution in [3.63, 3.8) is 0 Å². The van der Waals surface area contributed by atoms with E-state index in [4.69, 9.17) is 15.3 Å². The highest BCUT2D eigenvalue weighted by atomic mass is 14.7. The molecule has 0 bridgehead atoms. The zero-order valence-electron chi connectivity index (χ0n) is 12.3. The molecule has 0 aliphatic carbocycles. The van der Waals surface area contributed by atoms with Crippen LogP contribution in [0.15, 0.2) is 18.3 Å². The molecular formula is C8H12N2. The van der Waals surface area contributed by atoms with Gasteiger partial charge in [0.05, 0.1) is 11.9 Å². The number of pyridine rings is 1. The summed E-state index contributed by atoms with van der Waals surface area (Å²) in [6.07, 6.45) is -4.61. The minimum atomic E-state index is -3.08. The topological polar surface area (TPSA) is 38.9 Å². The Morgan fingerprint density at radius 1 is 1.80 bits per heavy atom. The Morgan fingerprint density at radius 2 is 2.70 bits per heavy atom. The lowest BCUT2D eigenvalue weighted by atomic mass is 10.2. The summed E-state index contributed by atoms with van der Waals surface area (Å²) in [5.74, 6) is 0. The predicted molar refractivity (Wildman–Crippen MR) is 42.6 cm³/mol. The maximum absolute atomic E-state index is 7.62. The maximum Gasteiger partial charge on any atom is 0.0501 e. The van der Waals surface area contributed by atoms with E-state index in [0.717, 1.165) is 6.20 Å². The number of nitrogen functional groups attached to an aromatic ring is 1. The molecule has 0 saturated heterocycles. The SMILES string of the molecule is [2H]C([2H])([2H])C([2H])([2H])C([2H])([2H])c1ccc(N)cn1. The molecule has 0 amide bonds. The summed E-state index contributed by atoms with van der Waals surface area (Å²) >= 11 is 0. The lowest BCUT2D eigenvalue weighted by Gasteiger charge is -1.96. The van der Waals surface area contributed by atoms with Gasteiger partial charge in [-0.15, -0.1) is 0 Å². The lowest BCUT2D eigenvalue weighted by molar-refractivity contribution is 0.883. The number of anilines is 1. The van der Waals surface area contributed by atoms with Gasteiger partial charge in [0.1, 0.15) is 0 Å². The zero-order chi connectivity index (χ0) is 13.5. The van der Waals surface area contributed by atoms with Crippen molar-refractivity contribution in [3.8, 4) is 0 Å². The van der Waals surface area contributed by atoms with Crippen LogP contribution in [-0.2, 0) is 6.37 Å². The molecule has 54 valence electrons. The normalized spacial score (nSPS) is 24.2. The monoisotopic (exact) mass is 143 g/mol. The van der Waals surface area contributed by atoms with Gasteiger partial charge in [-0.25, -0.2) is 0 Å². The highest BCUT2D eigenvalue weighted by molar-refractivity contribution is 5.34. The summed E-state index contributed by atoms with van der Waals surface area (Å²) in [6, 6.07) is 2.52. The van der Waals surface area contributed by atoms with Gasteiger partial charge in [0.2, 0.25) is 0 Å². The molecule has 0 radical (unpaired) electrons. The van der Waals surface area contributed by atoms with E-state index in [1.165, 1.54) is 12.1 Å². The van der Waals surface area contributed by atoms with Crippen LogP contribution in [0.1, 0.15) is 28.5 Å². The van der Waals surface area contributed by atoms with E-state index in [1.54, 1.807) is 0 Å². The molecule has 2 nitrogen and oxygen atoms in total. The van der Waals surface area contributed by atoms with Crippen LogP contribution in [0.5, 0.6) is 0 Å². The summed E-state index contributed by atoms with van der Waals surface area (Å²) in [7, 11) is 0. The van der Waals surface area contributed by atoms with Crippen molar-refractivity contribution in [2.45, 2.75) is 19.6 Å². The second kappa shape index (κ2) is 3.20. The summed E-state index contributed by atoms with van der Waals surface area (Å²) in [4.78, 5) is 3.64. The fourth-order valence-corrected chi connectivity index (χ4v) is 0.543. The third kappa shape index (κ3) is 1.72. The molecule has 10 heavy (non-hydrogen) atoms. The fraction of sp³-hybridized carbons (Fsp3) is 0.375. The summed E-state index contributed by atoms with van der Waals surface area (Å²) in [5.41, 5.74) is 5.37. The number of hydrogen-bond acceptors (Lipinski definition) is 2. The highest BCUT2D eigenvalue weighted by Gasteiger charge is 1.89. The Labute approximate surface area is 70.9 Å². The average molecular weight is 143 g/mol. The molecule has 0 unspecified atom stereocenters. The first-order valence-corrected chi connectivity index (χ1v) is 2.72. The van der Waals surface area contributed by atoms with Crippen molar-refractivity contribution in [2.24, 2.45) is 0 Å². The van der Waals surface area contributed by atoms with Gasteiger partial charge in [0.15, 0.2) is 0 Å². The fourth-order valence-electron chi connectivity index (χ4n) is 0.543. The molecule has 0 aliphatic heterocycles. The number of nitrogens with two attached hydrogens (primary N) is 1. The van der Waals surface area contributed by atoms with Gasteiger partial charge in [-0.3, -0.25) is 4.98 Å². The van der Waals surface area contributed by atoms with E-state index >= 15 is 0 Å². The van der Waals surface area contributed by atoms with Crippen molar-refractivity contribution < 1.29 is 9.60 Å². The molecule has 0 atom stereocenters. The van der Waals surface area contributed by atoms with E-state index in [2.05, 4.69) is 4.98 Å². The number of hydrogen-bond donors (Lipinski definition) is 1. The summed E-state index contributed by atoms with van der Waals surface area (Å²) in [6.45, 7) is -3.08. The third-order valence-electron chi connectivity index (χ3n) is 0.977. The van der Waals surface area contributed by atoms with Gasteiger partial charge in [0.25, 0.3) is 0 Å². The number of rotatable bonds is 2. The van der Waals surface area contributed by atoms with Gasteiger partial charge in [0, 0.05) is 15.3 Å². The minimum absolute atomic E-state index is 0.291. The van der Waals surface area contributed by atoms with Crippen molar-refractivity contribution in [1.29, 1.82) is 0 Å². The Balaban J connectivity index is 3.23. The molecular weight excluding hydrogens is 124 g/mol. The molecule has 0 spiro atoms. The molecule has 1 aromatic heterocycles. The van der Waals surface area contributed by atoms with E-state index in [1.807, 2.05) is 0 Å². The Hall–Kier alpha value is -1.05. The first kappa shape index (κ1) is 2.22. The summed E-state index contributed by atoms with van der Waals surface area (Å²) < 4.78 is 51.3. The van der Waals surface area contributed by atoms with Crippen molar-refractivity contribution >= 4 is 5.69 Å². The van der Waals surface area contributed by atoms with Gasteiger partial charge >= 0.3 is 0 Å². The Morgan fingerprint density at radius 3 is 3.30 bits per heavy atom. The molecule has 2 N–H and O–H groups in total. The highest BCUT2D eigenvalue weighted by Crippen LogP contribution is 2.02. The summed E-state index contributed by atoms with van der Waals surface area (Å²) in [5, 5.41) is 0. The van der Waals surface area contributed by atoms with Crippen LogP contribution in [0.3, 0.4) is 0 Å². The van der Waals surface area contributed by atoms with Crippen LogP contribution in [-0.4, -0.2) is 4.98 Å². The average Bonchev–Trinajstić information content (AvgIpc) is 2.16. The van der Waals surface area contributed by atoms with E-state index in [0.29, 0.717) is 5.69 Å². The molecule has 0 aliphatic rings.